The van der Waals surface area contributed by atoms with Gasteiger partial charge in [0.05, 0.1) is 16.2 Å². The van der Waals surface area contributed by atoms with Crippen molar-refractivity contribution < 1.29 is 13.9 Å². The molecule has 2 aromatic rings. The molecule has 1 fully saturated rings. The van der Waals surface area contributed by atoms with Crippen LogP contribution >= 0.6 is 11.6 Å². The maximum atomic E-state index is 14.6. The van der Waals surface area contributed by atoms with Gasteiger partial charge in [-0.3, -0.25) is 9.88 Å². The first kappa shape index (κ1) is 16.0. The number of hydrogen-bond acceptors (Lipinski definition) is 3. The molecule has 1 amide bonds. The van der Waals surface area contributed by atoms with Crippen LogP contribution in [0.4, 0.5) is 14.9 Å². The predicted molar refractivity (Wildman–Crippen MR) is 88.4 cm³/mol. The van der Waals surface area contributed by atoms with Crippen molar-refractivity contribution in [3.63, 3.8) is 0 Å². The van der Waals surface area contributed by atoms with E-state index in [0.29, 0.717) is 15.9 Å². The number of ether oxygens (including phenoxy) is 1. The number of benzene rings is 1. The molecule has 0 unspecified atom stereocenters. The van der Waals surface area contributed by atoms with Crippen molar-refractivity contribution in [1.29, 1.82) is 0 Å². The van der Waals surface area contributed by atoms with Crippen LogP contribution in [0.15, 0.2) is 24.4 Å². The van der Waals surface area contributed by atoms with Gasteiger partial charge in [0.2, 0.25) is 0 Å². The number of carbonyl (C=O) groups excluding carboxylic acids is 1. The average Bonchev–Trinajstić information content (AvgIpc) is 3.23. The first-order chi connectivity index (χ1) is 10.8. The van der Waals surface area contributed by atoms with Crippen molar-refractivity contribution in [1.82, 2.24) is 4.98 Å². The lowest BCUT2D eigenvalue weighted by atomic mass is 10.1. The van der Waals surface area contributed by atoms with E-state index in [0.717, 1.165) is 12.8 Å². The highest BCUT2D eigenvalue weighted by Gasteiger charge is 2.38. The summed E-state index contributed by atoms with van der Waals surface area (Å²) in [6, 6.07) is 4.48. The number of nitrogens with zero attached hydrogens (tertiary/aromatic N) is 2. The summed E-state index contributed by atoms with van der Waals surface area (Å²) in [5.74, 6) is -0.509. The molecular weight excluding hydrogens is 319 g/mol. The van der Waals surface area contributed by atoms with Gasteiger partial charge in [-0.05, 0) is 45.7 Å². The third kappa shape index (κ3) is 3.39. The zero-order chi connectivity index (χ0) is 16.8. The van der Waals surface area contributed by atoms with Crippen LogP contribution in [-0.4, -0.2) is 22.7 Å². The van der Waals surface area contributed by atoms with Gasteiger partial charge in [0.1, 0.15) is 11.4 Å². The standard InChI is InChI=1S/C17H18ClFN2O2/c1-17(2,3)23-16(22)21(10-4-5-10)15-8-11-12(18)6-7-20-14(11)9-13(15)19/h6-10H,4-5H2,1-3H3. The van der Waals surface area contributed by atoms with E-state index in [9.17, 15) is 9.18 Å². The second kappa shape index (κ2) is 5.64. The van der Waals surface area contributed by atoms with Gasteiger partial charge >= 0.3 is 6.09 Å². The van der Waals surface area contributed by atoms with E-state index in [1.54, 1.807) is 32.9 Å². The van der Waals surface area contributed by atoms with Gasteiger partial charge in [-0.15, -0.1) is 0 Å². The Morgan fingerprint density at radius 1 is 1.39 bits per heavy atom. The van der Waals surface area contributed by atoms with Crippen molar-refractivity contribution in [2.45, 2.75) is 45.3 Å². The Hall–Kier alpha value is -1.88. The van der Waals surface area contributed by atoms with Crippen LogP contribution in [0, 0.1) is 5.82 Å². The molecule has 0 bridgehead atoms. The largest absolute Gasteiger partial charge is 0.443 e. The van der Waals surface area contributed by atoms with E-state index < -0.39 is 17.5 Å². The molecule has 1 heterocycles. The van der Waals surface area contributed by atoms with E-state index in [1.165, 1.54) is 17.2 Å². The van der Waals surface area contributed by atoms with Gasteiger partial charge in [-0.1, -0.05) is 11.6 Å². The van der Waals surface area contributed by atoms with Crippen molar-refractivity contribution in [3.8, 4) is 0 Å². The molecule has 0 N–H and O–H groups in total. The smallest absolute Gasteiger partial charge is 0.415 e. The Kier molecular flexibility index (Phi) is 3.92. The molecule has 1 aromatic carbocycles. The van der Waals surface area contributed by atoms with E-state index in [2.05, 4.69) is 4.98 Å². The fourth-order valence-corrected chi connectivity index (χ4v) is 2.60. The monoisotopic (exact) mass is 336 g/mol. The van der Waals surface area contributed by atoms with Gasteiger partial charge in [0.25, 0.3) is 0 Å². The first-order valence-electron chi connectivity index (χ1n) is 7.52. The lowest BCUT2D eigenvalue weighted by Gasteiger charge is -2.28. The van der Waals surface area contributed by atoms with Crippen LogP contribution in [0.2, 0.25) is 5.02 Å². The molecule has 0 saturated heterocycles. The molecule has 1 aromatic heterocycles. The van der Waals surface area contributed by atoms with E-state index in [1.807, 2.05) is 0 Å². The third-order valence-electron chi connectivity index (χ3n) is 3.52. The summed E-state index contributed by atoms with van der Waals surface area (Å²) in [7, 11) is 0. The topological polar surface area (TPSA) is 42.4 Å². The van der Waals surface area contributed by atoms with Crippen LogP contribution in [0.25, 0.3) is 10.9 Å². The summed E-state index contributed by atoms with van der Waals surface area (Å²) >= 11 is 6.17. The molecular formula is C17H18ClFN2O2. The molecule has 23 heavy (non-hydrogen) atoms. The van der Waals surface area contributed by atoms with Crippen LogP contribution in [-0.2, 0) is 4.74 Å². The van der Waals surface area contributed by atoms with Crippen molar-refractivity contribution >= 4 is 34.3 Å². The zero-order valence-corrected chi connectivity index (χ0v) is 14.0. The second-order valence-corrected chi connectivity index (χ2v) is 7.10. The number of anilines is 1. The number of pyridine rings is 1. The summed E-state index contributed by atoms with van der Waals surface area (Å²) in [5, 5.41) is 1.08. The number of rotatable bonds is 2. The lowest BCUT2D eigenvalue weighted by Crippen LogP contribution is -2.38. The highest BCUT2D eigenvalue weighted by atomic mass is 35.5. The van der Waals surface area contributed by atoms with Gasteiger partial charge in [-0.25, -0.2) is 9.18 Å². The van der Waals surface area contributed by atoms with E-state index >= 15 is 0 Å². The quantitative estimate of drug-likeness (QED) is 0.780. The second-order valence-electron chi connectivity index (χ2n) is 6.70. The Morgan fingerprint density at radius 2 is 2.09 bits per heavy atom. The summed E-state index contributed by atoms with van der Waals surface area (Å²) in [5.41, 5.74) is -0.000600. The highest BCUT2D eigenvalue weighted by Crippen LogP contribution is 2.37. The normalized spacial score (nSPS) is 14.8. The van der Waals surface area contributed by atoms with Gasteiger partial charge in [0.15, 0.2) is 0 Å². The van der Waals surface area contributed by atoms with Gasteiger partial charge in [0, 0.05) is 23.7 Å². The molecule has 1 aliphatic rings. The van der Waals surface area contributed by atoms with Gasteiger partial charge in [-0.2, -0.15) is 0 Å². The van der Waals surface area contributed by atoms with Crippen LogP contribution in [0.3, 0.4) is 0 Å². The molecule has 3 rings (SSSR count). The van der Waals surface area contributed by atoms with Gasteiger partial charge < -0.3 is 4.74 Å². The van der Waals surface area contributed by atoms with Crippen LogP contribution < -0.4 is 4.90 Å². The number of fused-ring (bicyclic) bond motifs is 1. The Balaban J connectivity index is 2.06. The summed E-state index contributed by atoms with van der Waals surface area (Å²) in [6.07, 6.45) is 2.64. The predicted octanol–water partition coefficient (Wildman–Crippen LogP) is 4.93. The van der Waals surface area contributed by atoms with Crippen molar-refractivity contribution in [2.75, 3.05) is 4.90 Å². The zero-order valence-electron chi connectivity index (χ0n) is 13.3. The minimum atomic E-state index is -0.642. The molecule has 0 atom stereocenters. The minimum Gasteiger partial charge on any atom is -0.443 e. The summed E-state index contributed by atoms with van der Waals surface area (Å²) in [4.78, 5) is 18.0. The van der Waals surface area contributed by atoms with Crippen LogP contribution in [0.1, 0.15) is 33.6 Å². The fraction of sp³-hybridized carbons (Fsp3) is 0.412. The molecule has 6 heteroatoms. The fourth-order valence-electron chi connectivity index (χ4n) is 2.39. The SMILES string of the molecule is CC(C)(C)OC(=O)N(c1cc2c(Cl)ccnc2cc1F)C1CC1. The third-order valence-corrected chi connectivity index (χ3v) is 3.85. The highest BCUT2D eigenvalue weighted by molar-refractivity contribution is 6.35. The lowest BCUT2D eigenvalue weighted by molar-refractivity contribution is 0.0576. The minimum absolute atomic E-state index is 0.0350. The number of amides is 1. The number of hydrogen-bond donors (Lipinski definition) is 0. The van der Waals surface area contributed by atoms with E-state index in [-0.39, 0.29) is 11.7 Å². The number of aromatic nitrogens is 1. The first-order valence-corrected chi connectivity index (χ1v) is 7.90. The van der Waals surface area contributed by atoms with Crippen LogP contribution in [0.5, 0.6) is 0 Å². The Labute approximate surface area is 139 Å². The summed E-state index contributed by atoms with van der Waals surface area (Å²) in [6.45, 7) is 5.36. The number of carbonyl (C=O) groups is 1. The Morgan fingerprint density at radius 3 is 2.70 bits per heavy atom. The molecule has 1 saturated carbocycles. The Bertz CT molecular complexity index is 769. The maximum Gasteiger partial charge on any atom is 0.415 e. The van der Waals surface area contributed by atoms with Crippen molar-refractivity contribution in [3.05, 3.63) is 35.2 Å². The molecule has 0 radical (unpaired) electrons. The molecule has 0 aliphatic heterocycles. The average molecular weight is 337 g/mol. The maximum absolute atomic E-state index is 14.6. The molecule has 1 aliphatic carbocycles. The van der Waals surface area contributed by atoms with Crippen molar-refractivity contribution in [2.24, 2.45) is 0 Å². The number of halogens is 2. The van der Waals surface area contributed by atoms with E-state index in [4.69, 9.17) is 16.3 Å². The molecule has 0 spiro atoms. The molecule has 122 valence electrons. The molecule has 4 nitrogen and oxygen atoms in total. The summed E-state index contributed by atoms with van der Waals surface area (Å²) < 4.78 is 20.0.